The molecule has 6 nitrogen and oxygen atoms in total. The van der Waals surface area contributed by atoms with Crippen LogP contribution in [0.5, 0.6) is 0 Å². The highest BCUT2D eigenvalue weighted by atomic mass is 19.1. The summed E-state index contributed by atoms with van der Waals surface area (Å²) in [5.74, 6) is -2.33. The van der Waals surface area contributed by atoms with Crippen LogP contribution in [0.25, 0.3) is 5.69 Å². The minimum Gasteiger partial charge on any atom is -0.372 e. The highest BCUT2D eigenvalue weighted by Crippen LogP contribution is 2.61. The molecule has 0 radical (unpaired) electrons. The monoisotopic (exact) mass is 472 g/mol. The molecule has 0 amide bonds. The summed E-state index contributed by atoms with van der Waals surface area (Å²) in [6.07, 6.45) is 0. The van der Waals surface area contributed by atoms with E-state index in [1.807, 2.05) is 0 Å². The van der Waals surface area contributed by atoms with E-state index in [4.69, 9.17) is 0 Å². The summed E-state index contributed by atoms with van der Waals surface area (Å²) < 4.78 is 30.9. The molecule has 1 aliphatic heterocycles. The largest absolute Gasteiger partial charge is 0.372 e. The maximum absolute atomic E-state index is 15.1. The van der Waals surface area contributed by atoms with Gasteiger partial charge in [-0.25, -0.2) is 8.78 Å². The number of aliphatic hydroxyl groups is 2. The van der Waals surface area contributed by atoms with E-state index in [1.165, 1.54) is 60.7 Å². The van der Waals surface area contributed by atoms with Crippen LogP contribution < -0.4 is 10.5 Å². The normalized spacial score (nSPS) is 22.2. The van der Waals surface area contributed by atoms with Gasteiger partial charge in [0, 0.05) is 16.8 Å². The number of hydrogen-bond donors (Lipinski definition) is 2. The van der Waals surface area contributed by atoms with Crippen molar-refractivity contribution >= 4 is 17.2 Å². The van der Waals surface area contributed by atoms with Crippen molar-refractivity contribution in [3.8, 4) is 5.69 Å². The van der Waals surface area contributed by atoms with Gasteiger partial charge >= 0.3 is 0 Å². The van der Waals surface area contributed by atoms with Crippen LogP contribution in [0, 0.1) is 18.6 Å². The van der Waals surface area contributed by atoms with Gasteiger partial charge in [-0.1, -0.05) is 48.5 Å². The van der Waals surface area contributed by atoms with Crippen LogP contribution in [0.1, 0.15) is 27.2 Å². The molecule has 35 heavy (non-hydrogen) atoms. The maximum atomic E-state index is 15.1. The van der Waals surface area contributed by atoms with Gasteiger partial charge < -0.3 is 15.1 Å². The number of fused-ring (bicyclic) bond motifs is 5. The van der Waals surface area contributed by atoms with Gasteiger partial charge in [-0.05, 0) is 37.3 Å². The molecule has 2 heterocycles. The number of Topliss-reactive ketones (excluding diaryl/α,β-unsaturated/α-hetero) is 1. The smallest absolute Gasteiger partial charge is 0.264 e. The lowest BCUT2D eigenvalue weighted by atomic mass is 9.86. The molecular formula is C27H18F2N2O4. The van der Waals surface area contributed by atoms with Gasteiger partial charge in [-0.3, -0.25) is 14.2 Å². The minimum absolute atomic E-state index is 0.00176. The first kappa shape index (κ1) is 21.4. The third kappa shape index (κ3) is 2.42. The molecule has 2 aliphatic rings. The van der Waals surface area contributed by atoms with Crippen molar-refractivity contribution in [1.82, 2.24) is 4.57 Å². The fraction of sp³-hybridized carbons (Fsp3) is 0.111. The highest BCUT2D eigenvalue weighted by Gasteiger charge is 2.73. The van der Waals surface area contributed by atoms with E-state index in [2.05, 4.69) is 0 Å². The summed E-state index contributed by atoms with van der Waals surface area (Å²) in [5, 5.41) is 24.2. The SMILES string of the molecule is Cc1cc2c(c(=O)n1-c1ccccc1F)C1(O)C(=O)c3ccccc3C1(O)N2c1ccccc1F. The fourth-order valence-electron chi connectivity index (χ4n) is 5.38. The summed E-state index contributed by atoms with van der Waals surface area (Å²) in [6.45, 7) is 1.55. The number of nitrogens with zero attached hydrogens (tertiary/aromatic N) is 2. The van der Waals surface area contributed by atoms with E-state index in [0.717, 1.165) is 9.47 Å². The second-order valence-electron chi connectivity index (χ2n) is 8.68. The summed E-state index contributed by atoms with van der Waals surface area (Å²) in [5.41, 5.74) is -6.63. The zero-order valence-electron chi connectivity index (χ0n) is 18.4. The lowest BCUT2D eigenvalue weighted by Gasteiger charge is -2.38. The number of carbonyl (C=O) groups is 1. The number of carbonyl (C=O) groups excluding carboxylic acids is 1. The molecule has 0 fully saturated rings. The van der Waals surface area contributed by atoms with Crippen LogP contribution in [0.2, 0.25) is 0 Å². The molecule has 4 aromatic rings. The van der Waals surface area contributed by atoms with Crippen LogP contribution in [-0.4, -0.2) is 20.6 Å². The van der Waals surface area contributed by atoms with Crippen LogP contribution in [0.15, 0.2) is 83.7 Å². The number of aryl methyl sites for hydroxylation is 1. The number of halogens is 2. The second-order valence-corrected chi connectivity index (χ2v) is 8.68. The standard InChI is InChI=1S/C27H18F2N2O4/c1-15-14-22-23(25(33)30(15)20-12-6-4-10-18(20)28)26(34)24(32)16-8-2-3-9-17(16)27(26,35)31(22)21-13-7-5-11-19(21)29/h2-14,34-35H,1H3. The van der Waals surface area contributed by atoms with E-state index >= 15 is 4.39 Å². The number of pyridine rings is 1. The average molecular weight is 472 g/mol. The Kier molecular flexibility index (Phi) is 4.24. The minimum atomic E-state index is -2.77. The quantitative estimate of drug-likeness (QED) is 0.464. The predicted molar refractivity (Wildman–Crippen MR) is 124 cm³/mol. The third-order valence-corrected chi connectivity index (χ3v) is 6.86. The summed E-state index contributed by atoms with van der Waals surface area (Å²) in [7, 11) is 0. The predicted octanol–water partition coefficient (Wildman–Crippen LogP) is 3.81. The number of aromatic nitrogens is 1. The van der Waals surface area contributed by atoms with Gasteiger partial charge in [0.15, 0.2) is 0 Å². The summed E-state index contributed by atoms with van der Waals surface area (Å²) >= 11 is 0. The molecule has 0 saturated carbocycles. The van der Waals surface area contributed by atoms with E-state index in [0.29, 0.717) is 0 Å². The molecule has 174 valence electrons. The van der Waals surface area contributed by atoms with Gasteiger partial charge in [0.1, 0.15) is 11.6 Å². The molecule has 0 bridgehead atoms. The molecule has 2 N–H and O–H groups in total. The van der Waals surface area contributed by atoms with Crippen molar-refractivity contribution in [3.05, 3.63) is 123 Å². The fourth-order valence-corrected chi connectivity index (χ4v) is 5.38. The second kappa shape index (κ2) is 6.94. The van der Waals surface area contributed by atoms with Crippen LogP contribution in [-0.2, 0) is 11.3 Å². The zero-order valence-corrected chi connectivity index (χ0v) is 18.4. The molecule has 3 aromatic carbocycles. The van der Waals surface area contributed by atoms with Gasteiger partial charge in [-0.15, -0.1) is 0 Å². The van der Waals surface area contributed by atoms with Crippen molar-refractivity contribution in [2.75, 3.05) is 4.90 Å². The molecular weight excluding hydrogens is 454 g/mol. The van der Waals surface area contributed by atoms with Crippen LogP contribution in [0.4, 0.5) is 20.2 Å². The first-order chi connectivity index (χ1) is 16.7. The Bertz CT molecular complexity index is 1630. The topological polar surface area (TPSA) is 82.8 Å². The Labute approximate surface area is 197 Å². The van der Waals surface area contributed by atoms with Crippen molar-refractivity contribution in [2.24, 2.45) is 0 Å². The first-order valence-corrected chi connectivity index (χ1v) is 10.9. The van der Waals surface area contributed by atoms with E-state index < -0.39 is 39.9 Å². The summed E-state index contributed by atoms with van der Waals surface area (Å²) in [6, 6.07) is 18.6. The maximum Gasteiger partial charge on any atom is 0.264 e. The molecule has 0 spiro atoms. The van der Waals surface area contributed by atoms with E-state index in [9.17, 15) is 24.2 Å². The van der Waals surface area contributed by atoms with E-state index in [1.54, 1.807) is 25.1 Å². The summed E-state index contributed by atoms with van der Waals surface area (Å²) in [4.78, 5) is 28.6. The molecule has 8 heteroatoms. The number of benzene rings is 3. The number of hydrogen-bond acceptors (Lipinski definition) is 5. The Balaban J connectivity index is 1.77. The van der Waals surface area contributed by atoms with Gasteiger partial charge in [0.25, 0.3) is 5.56 Å². The molecule has 1 aliphatic carbocycles. The van der Waals surface area contributed by atoms with Crippen molar-refractivity contribution in [2.45, 2.75) is 18.2 Å². The Morgan fingerprint density at radius 2 is 1.34 bits per heavy atom. The van der Waals surface area contributed by atoms with Crippen LogP contribution in [0.3, 0.4) is 0 Å². The van der Waals surface area contributed by atoms with Crippen molar-refractivity contribution < 1.29 is 23.8 Å². The zero-order chi connectivity index (χ0) is 24.7. The van der Waals surface area contributed by atoms with Gasteiger partial charge in [-0.2, -0.15) is 0 Å². The lowest BCUT2D eigenvalue weighted by Crippen LogP contribution is -2.54. The molecule has 1 aromatic heterocycles. The number of rotatable bonds is 2. The molecule has 2 unspecified atom stereocenters. The lowest BCUT2D eigenvalue weighted by molar-refractivity contribution is -0.113. The Hall–Kier alpha value is -4.14. The number of anilines is 2. The Morgan fingerprint density at radius 1 is 0.771 bits per heavy atom. The van der Waals surface area contributed by atoms with Crippen molar-refractivity contribution in [3.63, 3.8) is 0 Å². The molecule has 0 saturated heterocycles. The Morgan fingerprint density at radius 3 is 2.00 bits per heavy atom. The number of ketones is 1. The molecule has 6 rings (SSSR count). The van der Waals surface area contributed by atoms with E-state index in [-0.39, 0.29) is 33.9 Å². The first-order valence-electron chi connectivity index (χ1n) is 10.9. The van der Waals surface area contributed by atoms with Gasteiger partial charge in [0.2, 0.25) is 17.1 Å². The van der Waals surface area contributed by atoms with Crippen molar-refractivity contribution in [1.29, 1.82) is 0 Å². The van der Waals surface area contributed by atoms with Crippen LogP contribution >= 0.6 is 0 Å². The highest BCUT2D eigenvalue weighted by molar-refractivity contribution is 6.12. The average Bonchev–Trinajstić information content (AvgIpc) is 3.14. The number of para-hydroxylation sites is 2. The molecule has 2 atom stereocenters. The third-order valence-electron chi connectivity index (χ3n) is 6.86. The van der Waals surface area contributed by atoms with Gasteiger partial charge in [0.05, 0.1) is 22.6 Å².